The Morgan fingerprint density at radius 1 is 1.13 bits per heavy atom. The average Bonchev–Trinajstić information content (AvgIpc) is 3.63. The van der Waals surface area contributed by atoms with Gasteiger partial charge in [0.15, 0.2) is 0 Å². The van der Waals surface area contributed by atoms with Crippen LogP contribution in [0.4, 0.5) is 19.1 Å². The topological polar surface area (TPSA) is 144 Å². The van der Waals surface area contributed by atoms with E-state index in [-0.39, 0.29) is 48.2 Å². The second-order valence-electron chi connectivity index (χ2n) is 9.67. The van der Waals surface area contributed by atoms with Gasteiger partial charge in [-0.15, -0.1) is 0 Å². The molecule has 2 aromatic carbocycles. The molecule has 208 valence electrons. The number of nitrogens with one attached hydrogen (secondary N) is 1. The number of sulfonamides is 1. The summed E-state index contributed by atoms with van der Waals surface area (Å²) in [7, 11) is -4.31. The maximum atomic E-state index is 13.3. The number of halogens is 3. The summed E-state index contributed by atoms with van der Waals surface area (Å²) in [6, 6.07) is 10.8. The van der Waals surface area contributed by atoms with E-state index in [4.69, 9.17) is 10.5 Å². The number of anilines is 1. The molecule has 0 bridgehead atoms. The number of carboxylic acid groups (broad SMARTS) is 1. The third kappa shape index (κ3) is 6.31. The van der Waals surface area contributed by atoms with Crippen LogP contribution in [0.1, 0.15) is 40.7 Å². The molecular weight excluding hydrogens is 537 g/mol. The van der Waals surface area contributed by atoms with Crippen LogP contribution in [0.2, 0.25) is 0 Å². The van der Waals surface area contributed by atoms with Crippen LogP contribution in [-0.4, -0.2) is 48.3 Å². The minimum atomic E-state index is -4.35. The van der Waals surface area contributed by atoms with Gasteiger partial charge in [0.1, 0.15) is 6.61 Å². The van der Waals surface area contributed by atoms with Crippen LogP contribution in [0.25, 0.3) is 11.3 Å². The highest BCUT2D eigenvalue weighted by Gasteiger charge is 2.63. The Labute approximate surface area is 223 Å². The standard InChI is InChI=1S/C26H27F3N4O5S/c1-15-5-3-6-16(2)22(15)20-12-21(38-14-18(30)13-25(9-10-25)26(27,28)29)32-24(31-20)33-39(36,37)19-8-4-7-17(11-19)23(34)35/h3-8,11-12,18H,9-10,13-14,30H2,1-2H3,(H,34,35)(H,31,32,33)/t18-/m1/s1. The lowest BCUT2D eigenvalue weighted by Gasteiger charge is -2.23. The van der Waals surface area contributed by atoms with Gasteiger partial charge in [-0.05, 0) is 62.4 Å². The second-order valence-corrected chi connectivity index (χ2v) is 11.4. The van der Waals surface area contributed by atoms with E-state index in [0.717, 1.165) is 17.2 Å². The van der Waals surface area contributed by atoms with Crippen molar-refractivity contribution in [1.29, 1.82) is 0 Å². The number of ether oxygens (including phenoxy) is 1. The number of carbonyl (C=O) groups is 1. The van der Waals surface area contributed by atoms with Crippen LogP contribution in [0.3, 0.4) is 0 Å². The molecule has 1 aromatic heterocycles. The zero-order valence-electron chi connectivity index (χ0n) is 21.1. The molecule has 9 nitrogen and oxygen atoms in total. The predicted molar refractivity (Wildman–Crippen MR) is 137 cm³/mol. The van der Waals surface area contributed by atoms with Gasteiger partial charge in [0.25, 0.3) is 10.0 Å². The molecule has 0 saturated heterocycles. The molecule has 4 N–H and O–H groups in total. The largest absolute Gasteiger partial charge is 0.478 e. The molecule has 1 saturated carbocycles. The Hall–Kier alpha value is -3.71. The highest BCUT2D eigenvalue weighted by atomic mass is 32.2. The Morgan fingerprint density at radius 2 is 1.77 bits per heavy atom. The van der Waals surface area contributed by atoms with Crippen LogP contribution in [0.5, 0.6) is 5.88 Å². The van der Waals surface area contributed by atoms with Gasteiger partial charge in [0.05, 0.1) is 21.6 Å². The minimum absolute atomic E-state index is 0.0173. The van der Waals surface area contributed by atoms with Gasteiger partial charge >= 0.3 is 12.1 Å². The highest BCUT2D eigenvalue weighted by Crippen LogP contribution is 2.60. The fourth-order valence-electron chi connectivity index (χ4n) is 4.37. The quantitative estimate of drug-likeness (QED) is 0.321. The molecule has 39 heavy (non-hydrogen) atoms. The van der Waals surface area contributed by atoms with Gasteiger partial charge < -0.3 is 15.6 Å². The maximum Gasteiger partial charge on any atom is 0.394 e. The van der Waals surface area contributed by atoms with Gasteiger partial charge in [0, 0.05) is 17.7 Å². The molecular formula is C26H27F3N4O5S. The summed E-state index contributed by atoms with van der Waals surface area (Å²) in [5, 5.41) is 9.21. The normalized spacial score (nSPS) is 15.4. The maximum absolute atomic E-state index is 13.3. The lowest BCUT2D eigenvalue weighted by atomic mass is 9.97. The number of rotatable bonds is 10. The molecule has 3 aromatic rings. The van der Waals surface area contributed by atoms with E-state index in [2.05, 4.69) is 14.7 Å². The van der Waals surface area contributed by atoms with Crippen LogP contribution in [0, 0.1) is 19.3 Å². The number of benzene rings is 2. The first-order valence-electron chi connectivity index (χ1n) is 12.0. The summed E-state index contributed by atoms with van der Waals surface area (Å²) >= 11 is 0. The Morgan fingerprint density at radius 3 is 2.36 bits per heavy atom. The average molecular weight is 565 g/mol. The van der Waals surface area contributed by atoms with Crippen LogP contribution < -0.4 is 15.2 Å². The lowest BCUT2D eigenvalue weighted by molar-refractivity contribution is -0.190. The SMILES string of the molecule is Cc1cccc(C)c1-c1cc(OC[C@H](N)CC2(C(F)(F)F)CC2)nc(NS(=O)(=O)c2cccc(C(=O)O)c2)n1. The summed E-state index contributed by atoms with van der Waals surface area (Å²) < 4.78 is 74.0. The number of carboxylic acids is 1. The summed E-state index contributed by atoms with van der Waals surface area (Å²) in [4.78, 5) is 19.4. The van der Waals surface area contributed by atoms with E-state index in [1.54, 1.807) is 0 Å². The Balaban J connectivity index is 1.65. The predicted octanol–water partition coefficient (Wildman–Crippen LogP) is 4.70. The van der Waals surface area contributed by atoms with Crippen LogP contribution in [-0.2, 0) is 10.0 Å². The van der Waals surface area contributed by atoms with Gasteiger partial charge in [-0.1, -0.05) is 24.3 Å². The third-order valence-electron chi connectivity index (χ3n) is 6.61. The van der Waals surface area contributed by atoms with E-state index in [9.17, 15) is 31.5 Å². The number of aromatic nitrogens is 2. The molecule has 1 aliphatic carbocycles. The zero-order valence-corrected chi connectivity index (χ0v) is 21.9. The highest BCUT2D eigenvalue weighted by molar-refractivity contribution is 7.92. The van der Waals surface area contributed by atoms with E-state index >= 15 is 0 Å². The van der Waals surface area contributed by atoms with Crippen molar-refractivity contribution in [2.75, 3.05) is 11.3 Å². The fraction of sp³-hybridized carbons (Fsp3) is 0.346. The number of alkyl halides is 3. The van der Waals surface area contributed by atoms with E-state index in [0.29, 0.717) is 11.3 Å². The van der Waals surface area contributed by atoms with Crippen molar-refractivity contribution >= 4 is 21.9 Å². The first-order valence-corrected chi connectivity index (χ1v) is 13.5. The van der Waals surface area contributed by atoms with Crippen molar-refractivity contribution in [3.63, 3.8) is 0 Å². The number of nitrogens with zero attached hydrogens (tertiary/aromatic N) is 2. The van der Waals surface area contributed by atoms with Crippen molar-refractivity contribution in [3.05, 3.63) is 65.2 Å². The van der Waals surface area contributed by atoms with E-state index in [1.165, 1.54) is 24.3 Å². The molecule has 1 aliphatic rings. The third-order valence-corrected chi connectivity index (χ3v) is 7.94. The molecule has 0 spiro atoms. The molecule has 0 unspecified atom stereocenters. The summed E-state index contributed by atoms with van der Waals surface area (Å²) in [5.41, 5.74) is 6.62. The molecule has 1 heterocycles. The molecule has 0 radical (unpaired) electrons. The Bertz CT molecular complexity index is 1490. The van der Waals surface area contributed by atoms with Crippen molar-refractivity contribution < 1.29 is 36.2 Å². The molecule has 4 rings (SSSR count). The number of nitrogens with two attached hydrogens (primary N) is 1. The number of aryl methyl sites for hydroxylation is 2. The molecule has 1 fully saturated rings. The summed E-state index contributed by atoms with van der Waals surface area (Å²) in [5.74, 6) is -1.76. The number of hydrogen-bond donors (Lipinski definition) is 3. The monoisotopic (exact) mass is 564 g/mol. The molecule has 0 amide bonds. The van der Waals surface area contributed by atoms with Crippen molar-refractivity contribution in [2.24, 2.45) is 11.1 Å². The summed E-state index contributed by atoms with van der Waals surface area (Å²) in [6.07, 6.45) is -4.62. The van der Waals surface area contributed by atoms with Gasteiger partial charge in [-0.3, -0.25) is 0 Å². The van der Waals surface area contributed by atoms with Crippen molar-refractivity contribution in [3.8, 4) is 17.1 Å². The smallest absolute Gasteiger partial charge is 0.394 e. The minimum Gasteiger partial charge on any atom is -0.478 e. The first-order chi connectivity index (χ1) is 18.2. The van der Waals surface area contributed by atoms with Crippen LogP contribution in [0.15, 0.2) is 53.4 Å². The zero-order chi connectivity index (χ0) is 28.6. The molecule has 1 atom stereocenters. The van der Waals surface area contributed by atoms with Crippen molar-refractivity contribution in [1.82, 2.24) is 9.97 Å². The van der Waals surface area contributed by atoms with Gasteiger partial charge in [-0.2, -0.15) is 18.2 Å². The van der Waals surface area contributed by atoms with Crippen molar-refractivity contribution in [2.45, 2.75) is 50.2 Å². The number of aromatic carboxylic acids is 1. The Kier molecular flexibility index (Phi) is 7.59. The van der Waals surface area contributed by atoms with Gasteiger partial charge in [-0.25, -0.2) is 22.9 Å². The second kappa shape index (κ2) is 10.5. The van der Waals surface area contributed by atoms with E-state index < -0.39 is 33.6 Å². The first kappa shape index (κ1) is 28.3. The van der Waals surface area contributed by atoms with Crippen LogP contribution >= 0.6 is 0 Å². The summed E-state index contributed by atoms with van der Waals surface area (Å²) in [6.45, 7) is 3.40. The van der Waals surface area contributed by atoms with E-state index in [1.807, 2.05) is 32.0 Å². The van der Waals surface area contributed by atoms with Gasteiger partial charge in [0.2, 0.25) is 11.8 Å². The number of hydrogen-bond acceptors (Lipinski definition) is 7. The molecule has 0 aliphatic heterocycles. The molecule has 13 heteroatoms. The lowest BCUT2D eigenvalue weighted by Crippen LogP contribution is -2.36. The fourth-order valence-corrected chi connectivity index (χ4v) is 5.36.